The molecule has 0 bridgehead atoms. The maximum absolute atomic E-state index is 5.56. The van der Waals surface area contributed by atoms with Crippen LogP contribution in [0, 0.1) is 11.8 Å². The molecular formula is C21H41N7O2. The van der Waals surface area contributed by atoms with Crippen molar-refractivity contribution in [1.82, 2.24) is 15.0 Å². The molecule has 2 rings (SSSR count). The van der Waals surface area contributed by atoms with Crippen LogP contribution in [-0.4, -0.2) is 67.1 Å². The zero-order chi connectivity index (χ0) is 21.6. The molecule has 1 aliphatic rings. The first-order valence-corrected chi connectivity index (χ1v) is 11.4. The molecule has 30 heavy (non-hydrogen) atoms. The summed E-state index contributed by atoms with van der Waals surface area (Å²) >= 11 is 0. The predicted octanol–water partition coefficient (Wildman–Crippen LogP) is 2.72. The Labute approximate surface area is 181 Å². The Bertz CT molecular complexity index is 588. The second-order valence-electron chi connectivity index (χ2n) is 8.37. The van der Waals surface area contributed by atoms with Crippen LogP contribution in [0.15, 0.2) is 0 Å². The van der Waals surface area contributed by atoms with E-state index < -0.39 is 0 Å². The van der Waals surface area contributed by atoms with E-state index in [0.29, 0.717) is 75.2 Å². The summed E-state index contributed by atoms with van der Waals surface area (Å²) in [5.41, 5.74) is 5.39. The van der Waals surface area contributed by atoms with Crippen LogP contribution in [0.3, 0.4) is 0 Å². The molecule has 0 radical (unpaired) electrons. The van der Waals surface area contributed by atoms with Gasteiger partial charge in [-0.15, -0.1) is 0 Å². The van der Waals surface area contributed by atoms with Crippen molar-refractivity contribution in [1.29, 1.82) is 0 Å². The molecule has 9 heteroatoms. The van der Waals surface area contributed by atoms with Gasteiger partial charge in [0.15, 0.2) is 0 Å². The molecule has 0 saturated heterocycles. The SMILES string of the molecule is CC(C)CCNc1nc(NCCOCCOCCN)nc(NC2CCCCC2C)n1. The molecular weight excluding hydrogens is 382 g/mol. The molecule has 1 fully saturated rings. The highest BCUT2D eigenvalue weighted by atomic mass is 16.5. The van der Waals surface area contributed by atoms with E-state index in [1.165, 1.54) is 19.3 Å². The van der Waals surface area contributed by atoms with E-state index >= 15 is 0 Å². The maximum Gasteiger partial charge on any atom is 0.229 e. The predicted molar refractivity (Wildman–Crippen MR) is 122 cm³/mol. The van der Waals surface area contributed by atoms with E-state index in [0.717, 1.165) is 19.4 Å². The van der Waals surface area contributed by atoms with Crippen molar-refractivity contribution in [2.24, 2.45) is 17.6 Å². The van der Waals surface area contributed by atoms with Crippen LogP contribution in [0.25, 0.3) is 0 Å². The minimum Gasteiger partial charge on any atom is -0.378 e. The fraction of sp³-hybridized carbons (Fsp3) is 0.857. The van der Waals surface area contributed by atoms with Gasteiger partial charge in [-0.1, -0.05) is 33.6 Å². The van der Waals surface area contributed by atoms with Gasteiger partial charge < -0.3 is 31.2 Å². The zero-order valence-corrected chi connectivity index (χ0v) is 19.0. The number of nitrogens with one attached hydrogen (secondary N) is 3. The lowest BCUT2D eigenvalue weighted by Crippen LogP contribution is -2.31. The van der Waals surface area contributed by atoms with E-state index in [4.69, 9.17) is 15.2 Å². The van der Waals surface area contributed by atoms with Gasteiger partial charge in [-0.2, -0.15) is 15.0 Å². The Balaban J connectivity index is 1.88. The Morgan fingerprint density at radius 1 is 0.900 bits per heavy atom. The number of aromatic nitrogens is 3. The van der Waals surface area contributed by atoms with Crippen molar-refractivity contribution < 1.29 is 9.47 Å². The first kappa shape index (κ1) is 24.6. The van der Waals surface area contributed by atoms with E-state index in [9.17, 15) is 0 Å². The second kappa shape index (κ2) is 14.3. The average molecular weight is 424 g/mol. The maximum atomic E-state index is 5.56. The molecule has 0 aliphatic heterocycles. The third kappa shape index (κ3) is 9.86. The monoisotopic (exact) mass is 423 g/mol. The summed E-state index contributed by atoms with van der Waals surface area (Å²) in [6.07, 6.45) is 6.04. The molecule has 5 N–H and O–H groups in total. The van der Waals surface area contributed by atoms with Gasteiger partial charge in [0.1, 0.15) is 0 Å². The Kier molecular flexibility index (Phi) is 11.7. The van der Waals surface area contributed by atoms with Gasteiger partial charge >= 0.3 is 0 Å². The van der Waals surface area contributed by atoms with Crippen LogP contribution < -0.4 is 21.7 Å². The molecule has 0 amide bonds. The molecule has 1 heterocycles. The Morgan fingerprint density at radius 3 is 2.20 bits per heavy atom. The van der Waals surface area contributed by atoms with Crippen LogP contribution in [0.2, 0.25) is 0 Å². The molecule has 0 aromatic carbocycles. The van der Waals surface area contributed by atoms with Gasteiger partial charge in [0.25, 0.3) is 0 Å². The summed E-state index contributed by atoms with van der Waals surface area (Å²) < 4.78 is 10.9. The average Bonchev–Trinajstić information content (AvgIpc) is 2.71. The number of hydrogen-bond donors (Lipinski definition) is 4. The fourth-order valence-corrected chi connectivity index (χ4v) is 3.41. The quantitative estimate of drug-likeness (QED) is 0.316. The summed E-state index contributed by atoms with van der Waals surface area (Å²) in [7, 11) is 0. The lowest BCUT2D eigenvalue weighted by atomic mass is 9.86. The molecule has 1 saturated carbocycles. The largest absolute Gasteiger partial charge is 0.378 e. The molecule has 9 nitrogen and oxygen atoms in total. The third-order valence-corrected chi connectivity index (χ3v) is 5.23. The summed E-state index contributed by atoms with van der Waals surface area (Å²) in [4.78, 5) is 13.7. The zero-order valence-electron chi connectivity index (χ0n) is 19.0. The van der Waals surface area contributed by atoms with Crippen molar-refractivity contribution in [3.8, 4) is 0 Å². The summed E-state index contributed by atoms with van der Waals surface area (Å²) in [5, 5.41) is 10.1. The fourth-order valence-electron chi connectivity index (χ4n) is 3.41. The second-order valence-corrected chi connectivity index (χ2v) is 8.37. The van der Waals surface area contributed by atoms with Crippen molar-refractivity contribution in [3.63, 3.8) is 0 Å². The summed E-state index contributed by atoms with van der Waals surface area (Å²) in [5.74, 6) is 3.05. The summed E-state index contributed by atoms with van der Waals surface area (Å²) in [6, 6.07) is 0.411. The number of nitrogens with zero attached hydrogens (tertiary/aromatic N) is 3. The lowest BCUT2D eigenvalue weighted by Gasteiger charge is -2.29. The highest BCUT2D eigenvalue weighted by Crippen LogP contribution is 2.26. The Hall–Kier alpha value is -1.71. The topological polar surface area (TPSA) is 119 Å². The normalized spacial score (nSPS) is 19.1. The summed E-state index contributed by atoms with van der Waals surface area (Å²) in [6.45, 7) is 10.9. The molecule has 1 aliphatic carbocycles. The van der Waals surface area contributed by atoms with Gasteiger partial charge in [-0.3, -0.25) is 0 Å². The molecule has 2 unspecified atom stereocenters. The molecule has 1 aromatic heterocycles. The number of rotatable bonds is 15. The van der Waals surface area contributed by atoms with Gasteiger partial charge in [0.05, 0.1) is 26.4 Å². The van der Waals surface area contributed by atoms with E-state index in [1.807, 2.05) is 0 Å². The van der Waals surface area contributed by atoms with Crippen LogP contribution in [0.5, 0.6) is 0 Å². The highest BCUT2D eigenvalue weighted by Gasteiger charge is 2.22. The first-order valence-electron chi connectivity index (χ1n) is 11.4. The first-order chi connectivity index (χ1) is 14.6. The molecule has 172 valence electrons. The minimum absolute atomic E-state index is 0.411. The number of anilines is 3. The third-order valence-electron chi connectivity index (χ3n) is 5.23. The highest BCUT2D eigenvalue weighted by molar-refractivity contribution is 5.42. The van der Waals surface area contributed by atoms with Gasteiger partial charge in [0.2, 0.25) is 17.8 Å². The number of nitrogens with two attached hydrogens (primary N) is 1. The smallest absolute Gasteiger partial charge is 0.229 e. The van der Waals surface area contributed by atoms with Gasteiger partial charge in [-0.25, -0.2) is 0 Å². The van der Waals surface area contributed by atoms with Crippen LogP contribution in [-0.2, 0) is 9.47 Å². The van der Waals surface area contributed by atoms with Crippen molar-refractivity contribution in [2.75, 3.05) is 62.0 Å². The number of hydrogen-bond acceptors (Lipinski definition) is 9. The molecule has 1 aromatic rings. The number of ether oxygens (including phenoxy) is 2. The van der Waals surface area contributed by atoms with E-state index in [2.05, 4.69) is 51.7 Å². The lowest BCUT2D eigenvalue weighted by molar-refractivity contribution is 0.0547. The van der Waals surface area contributed by atoms with E-state index in [-0.39, 0.29) is 0 Å². The van der Waals surface area contributed by atoms with Gasteiger partial charge in [0, 0.05) is 25.7 Å². The minimum atomic E-state index is 0.411. The van der Waals surface area contributed by atoms with Crippen molar-refractivity contribution in [3.05, 3.63) is 0 Å². The van der Waals surface area contributed by atoms with Crippen LogP contribution in [0.4, 0.5) is 17.8 Å². The van der Waals surface area contributed by atoms with Crippen molar-refractivity contribution >= 4 is 17.8 Å². The molecule has 0 spiro atoms. The molecule has 2 atom stereocenters. The standard InChI is InChI=1S/C21H41N7O2/c1-16(2)8-10-23-19-26-20(24-11-13-30-15-14-29-12-9-22)28-21(27-19)25-18-7-5-4-6-17(18)3/h16-18H,4-15,22H2,1-3H3,(H3,23,24,25,26,27,28). The van der Waals surface area contributed by atoms with Gasteiger partial charge in [-0.05, 0) is 31.1 Å². The van der Waals surface area contributed by atoms with Crippen molar-refractivity contribution in [2.45, 2.75) is 58.9 Å². The van der Waals surface area contributed by atoms with Crippen LogP contribution in [0.1, 0.15) is 52.9 Å². The Morgan fingerprint density at radius 2 is 1.53 bits per heavy atom. The van der Waals surface area contributed by atoms with E-state index in [1.54, 1.807) is 0 Å². The van der Waals surface area contributed by atoms with Crippen LogP contribution >= 0.6 is 0 Å².